The molecule has 1 amide bonds. The maximum Gasteiger partial charge on any atom is 0.231 e. The van der Waals surface area contributed by atoms with Gasteiger partial charge in [-0.2, -0.15) is 0 Å². The number of halogens is 2. The van der Waals surface area contributed by atoms with Gasteiger partial charge in [-0.15, -0.1) is 12.4 Å². The van der Waals surface area contributed by atoms with Gasteiger partial charge in [0.25, 0.3) is 0 Å². The average molecular weight is 421 g/mol. The van der Waals surface area contributed by atoms with E-state index in [4.69, 9.17) is 9.47 Å². The van der Waals surface area contributed by atoms with E-state index in [0.29, 0.717) is 36.1 Å². The van der Waals surface area contributed by atoms with Crippen LogP contribution in [-0.4, -0.2) is 25.8 Å². The maximum absolute atomic E-state index is 13.4. The van der Waals surface area contributed by atoms with E-state index >= 15 is 0 Å². The molecule has 2 aliphatic rings. The van der Waals surface area contributed by atoms with Crippen LogP contribution in [0, 0.1) is 11.7 Å². The number of nitrogens with zero attached hydrogens (tertiary/aromatic N) is 1. The van der Waals surface area contributed by atoms with Gasteiger partial charge in [-0.3, -0.25) is 4.79 Å². The van der Waals surface area contributed by atoms with Crippen molar-refractivity contribution >= 4 is 24.0 Å². The van der Waals surface area contributed by atoms with Crippen molar-refractivity contribution in [1.82, 2.24) is 5.32 Å². The average Bonchev–Trinajstić information content (AvgIpc) is 3.20. The van der Waals surface area contributed by atoms with E-state index in [0.717, 1.165) is 37.9 Å². The van der Waals surface area contributed by atoms with Crippen molar-refractivity contribution in [2.75, 3.05) is 24.8 Å². The fourth-order valence-electron chi connectivity index (χ4n) is 3.80. The molecule has 0 saturated carbocycles. The van der Waals surface area contributed by atoms with Crippen molar-refractivity contribution < 1.29 is 18.7 Å². The molecule has 29 heavy (non-hydrogen) atoms. The van der Waals surface area contributed by atoms with Crippen LogP contribution in [0.3, 0.4) is 0 Å². The Morgan fingerprint density at radius 3 is 2.55 bits per heavy atom. The number of anilines is 1. The summed E-state index contributed by atoms with van der Waals surface area (Å²) in [6.45, 7) is 2.68. The van der Waals surface area contributed by atoms with Crippen LogP contribution in [0.2, 0.25) is 0 Å². The number of amides is 1. The quantitative estimate of drug-likeness (QED) is 0.757. The first-order valence-electron chi connectivity index (χ1n) is 9.84. The molecule has 2 aromatic rings. The van der Waals surface area contributed by atoms with Gasteiger partial charge in [-0.25, -0.2) is 4.39 Å². The van der Waals surface area contributed by atoms with Gasteiger partial charge in [0.05, 0.1) is 6.54 Å². The smallest absolute Gasteiger partial charge is 0.231 e. The lowest BCUT2D eigenvalue weighted by Gasteiger charge is -2.26. The number of piperidine rings is 1. The highest BCUT2D eigenvalue weighted by atomic mass is 35.5. The van der Waals surface area contributed by atoms with Crippen molar-refractivity contribution in [3.05, 3.63) is 53.8 Å². The largest absolute Gasteiger partial charge is 0.454 e. The Morgan fingerprint density at radius 2 is 1.79 bits per heavy atom. The zero-order valence-electron chi connectivity index (χ0n) is 16.2. The van der Waals surface area contributed by atoms with Crippen LogP contribution in [-0.2, 0) is 11.3 Å². The first-order chi connectivity index (χ1) is 13.7. The van der Waals surface area contributed by atoms with Gasteiger partial charge >= 0.3 is 0 Å². The molecule has 1 saturated heterocycles. The van der Waals surface area contributed by atoms with Crippen LogP contribution in [0.4, 0.5) is 10.1 Å². The summed E-state index contributed by atoms with van der Waals surface area (Å²) in [6, 6.07) is 11.8. The Morgan fingerprint density at radius 1 is 1.07 bits per heavy atom. The summed E-state index contributed by atoms with van der Waals surface area (Å²) in [5, 5.41) is 3.36. The fraction of sp³-hybridized carbons (Fsp3) is 0.409. The second-order valence-corrected chi connectivity index (χ2v) is 7.38. The highest BCUT2D eigenvalue weighted by molar-refractivity contribution is 5.93. The Hall–Kier alpha value is -2.31. The summed E-state index contributed by atoms with van der Waals surface area (Å²) in [5.74, 6) is 1.75. The Bertz CT molecular complexity index is 825. The van der Waals surface area contributed by atoms with E-state index in [9.17, 15) is 9.18 Å². The fourth-order valence-corrected chi connectivity index (χ4v) is 3.80. The Balaban J connectivity index is 0.00000240. The molecule has 0 unspecified atom stereocenters. The van der Waals surface area contributed by atoms with Gasteiger partial charge in [0.2, 0.25) is 12.7 Å². The summed E-state index contributed by atoms with van der Waals surface area (Å²) in [6.07, 6.45) is 3.62. The molecular formula is C22H26ClFN2O3. The van der Waals surface area contributed by atoms with Crippen molar-refractivity contribution in [3.8, 4) is 11.5 Å². The molecule has 0 bridgehead atoms. The van der Waals surface area contributed by atoms with Gasteiger partial charge in [-0.05, 0) is 80.2 Å². The summed E-state index contributed by atoms with van der Waals surface area (Å²) >= 11 is 0. The zero-order valence-corrected chi connectivity index (χ0v) is 17.1. The topological polar surface area (TPSA) is 50.8 Å². The van der Waals surface area contributed by atoms with Gasteiger partial charge in [0.15, 0.2) is 11.5 Å². The highest BCUT2D eigenvalue weighted by Crippen LogP contribution is 2.33. The highest BCUT2D eigenvalue weighted by Gasteiger charge is 2.21. The van der Waals surface area contributed by atoms with Crippen LogP contribution in [0.15, 0.2) is 42.5 Å². The third-order valence-corrected chi connectivity index (χ3v) is 5.44. The molecule has 0 spiro atoms. The first kappa shape index (κ1) is 21.4. The number of fused-ring (bicyclic) bond motifs is 1. The minimum absolute atomic E-state index is 0. The standard InChI is InChI=1S/C22H25FN2O3.ClH/c23-18-3-5-19(6-4-18)25(22(26)8-2-16-9-11-24-12-10-16)14-17-1-7-20-21(13-17)28-15-27-20;/h1,3-7,13,16,24H,2,8-12,14-15H2;1H. The van der Waals surface area contributed by atoms with E-state index in [2.05, 4.69) is 5.32 Å². The summed E-state index contributed by atoms with van der Waals surface area (Å²) in [5.41, 5.74) is 1.65. The second kappa shape index (κ2) is 9.94. The van der Waals surface area contributed by atoms with Crippen LogP contribution >= 0.6 is 12.4 Å². The lowest BCUT2D eigenvalue weighted by molar-refractivity contribution is -0.119. The van der Waals surface area contributed by atoms with Gasteiger partial charge < -0.3 is 19.7 Å². The van der Waals surface area contributed by atoms with Crippen molar-refractivity contribution in [2.45, 2.75) is 32.2 Å². The number of carbonyl (C=O) groups is 1. The molecule has 156 valence electrons. The number of hydrogen-bond acceptors (Lipinski definition) is 4. The predicted octanol–water partition coefficient (Wildman–Crippen LogP) is 4.29. The molecule has 7 heteroatoms. The van der Waals surface area contributed by atoms with E-state index in [1.165, 1.54) is 12.1 Å². The molecule has 0 atom stereocenters. The van der Waals surface area contributed by atoms with Crippen molar-refractivity contribution in [1.29, 1.82) is 0 Å². The Kier molecular flexibility index (Phi) is 7.34. The van der Waals surface area contributed by atoms with E-state index < -0.39 is 0 Å². The molecule has 2 aliphatic heterocycles. The predicted molar refractivity (Wildman–Crippen MR) is 112 cm³/mol. The SMILES string of the molecule is Cl.O=C(CCC1CCNCC1)N(Cc1ccc2c(c1)OCO2)c1ccc(F)cc1. The third-order valence-electron chi connectivity index (χ3n) is 5.44. The van der Waals surface area contributed by atoms with Crippen molar-refractivity contribution in [3.63, 3.8) is 0 Å². The number of ether oxygens (including phenoxy) is 2. The minimum Gasteiger partial charge on any atom is -0.454 e. The Labute approximate surface area is 176 Å². The molecule has 1 fully saturated rings. The van der Waals surface area contributed by atoms with E-state index in [1.54, 1.807) is 17.0 Å². The van der Waals surface area contributed by atoms with Crippen molar-refractivity contribution in [2.24, 2.45) is 5.92 Å². The number of benzene rings is 2. The molecule has 1 N–H and O–H groups in total. The molecule has 0 radical (unpaired) electrons. The van der Waals surface area contributed by atoms with Gasteiger partial charge in [0, 0.05) is 12.1 Å². The number of rotatable bonds is 6. The monoisotopic (exact) mass is 420 g/mol. The second-order valence-electron chi connectivity index (χ2n) is 7.38. The van der Waals surface area contributed by atoms with Crippen LogP contribution in [0.25, 0.3) is 0 Å². The lowest BCUT2D eigenvalue weighted by Crippen LogP contribution is -2.32. The van der Waals surface area contributed by atoms with Crippen LogP contribution in [0.5, 0.6) is 11.5 Å². The van der Waals surface area contributed by atoms with E-state index in [-0.39, 0.29) is 30.9 Å². The number of carbonyl (C=O) groups excluding carboxylic acids is 1. The molecule has 2 heterocycles. The molecule has 0 aromatic heterocycles. The summed E-state index contributed by atoms with van der Waals surface area (Å²) < 4.78 is 24.2. The zero-order chi connectivity index (χ0) is 19.3. The maximum atomic E-state index is 13.4. The van der Waals surface area contributed by atoms with Crippen LogP contribution in [0.1, 0.15) is 31.2 Å². The molecule has 5 nitrogen and oxygen atoms in total. The number of nitrogens with one attached hydrogen (secondary N) is 1. The molecular weight excluding hydrogens is 395 g/mol. The van der Waals surface area contributed by atoms with Crippen LogP contribution < -0.4 is 19.7 Å². The molecule has 2 aromatic carbocycles. The molecule has 4 rings (SSSR count). The normalized spacial score (nSPS) is 15.6. The minimum atomic E-state index is -0.311. The lowest BCUT2D eigenvalue weighted by atomic mass is 9.93. The van der Waals surface area contributed by atoms with Gasteiger partial charge in [-0.1, -0.05) is 6.07 Å². The van der Waals surface area contributed by atoms with E-state index in [1.807, 2.05) is 18.2 Å². The first-order valence-corrected chi connectivity index (χ1v) is 9.84. The molecule has 0 aliphatic carbocycles. The summed E-state index contributed by atoms with van der Waals surface area (Å²) in [4.78, 5) is 14.8. The summed E-state index contributed by atoms with van der Waals surface area (Å²) in [7, 11) is 0. The number of hydrogen-bond donors (Lipinski definition) is 1. The van der Waals surface area contributed by atoms with Gasteiger partial charge in [0.1, 0.15) is 5.82 Å². The third kappa shape index (κ3) is 5.40.